The summed E-state index contributed by atoms with van der Waals surface area (Å²) in [7, 11) is 0. The van der Waals surface area contributed by atoms with Crippen LogP contribution in [0.3, 0.4) is 0 Å². The molecule has 0 fully saturated rings. The van der Waals surface area contributed by atoms with Gasteiger partial charge in [-0.15, -0.1) is 6.58 Å². The summed E-state index contributed by atoms with van der Waals surface area (Å²) in [6.07, 6.45) is 1.41. The van der Waals surface area contributed by atoms with Gasteiger partial charge in [0.1, 0.15) is 11.9 Å². The van der Waals surface area contributed by atoms with Crippen LogP contribution in [0.4, 0.5) is 14.9 Å². The van der Waals surface area contributed by atoms with Gasteiger partial charge in [-0.05, 0) is 18.6 Å². The van der Waals surface area contributed by atoms with Crippen LogP contribution in [0.2, 0.25) is 10.0 Å². The molecule has 0 aliphatic rings. The van der Waals surface area contributed by atoms with Crippen LogP contribution in [0.25, 0.3) is 0 Å². The van der Waals surface area contributed by atoms with Gasteiger partial charge in [-0.1, -0.05) is 29.3 Å². The number of hydrogen-bond donors (Lipinski definition) is 3. The van der Waals surface area contributed by atoms with Crippen LogP contribution in [0.5, 0.6) is 0 Å². The van der Waals surface area contributed by atoms with E-state index < -0.39 is 23.9 Å². The van der Waals surface area contributed by atoms with Gasteiger partial charge in [0.2, 0.25) is 0 Å². The molecule has 2 amide bonds. The predicted octanol–water partition coefficient (Wildman–Crippen LogP) is 3.28. The van der Waals surface area contributed by atoms with E-state index in [0.717, 1.165) is 12.1 Å². The monoisotopic (exact) mass is 320 g/mol. The number of nitrogens with one attached hydrogen (secondary N) is 2. The van der Waals surface area contributed by atoms with Crippen molar-refractivity contribution in [2.45, 2.75) is 12.5 Å². The lowest BCUT2D eigenvalue weighted by Crippen LogP contribution is -2.42. The molecule has 8 heteroatoms. The smallest absolute Gasteiger partial charge is 0.326 e. The fourth-order valence-electron chi connectivity index (χ4n) is 1.36. The van der Waals surface area contributed by atoms with E-state index in [1.54, 1.807) is 0 Å². The highest BCUT2D eigenvalue weighted by Crippen LogP contribution is 2.31. The highest BCUT2D eigenvalue weighted by atomic mass is 35.5. The molecule has 108 valence electrons. The third-order valence-electron chi connectivity index (χ3n) is 2.25. The van der Waals surface area contributed by atoms with Gasteiger partial charge in [0.05, 0.1) is 15.7 Å². The van der Waals surface area contributed by atoms with Crippen LogP contribution < -0.4 is 10.6 Å². The zero-order chi connectivity index (χ0) is 15.3. The second-order valence-electron chi connectivity index (χ2n) is 3.76. The first-order valence-corrected chi connectivity index (χ1v) is 6.16. The molecule has 0 bridgehead atoms. The maximum Gasteiger partial charge on any atom is 0.326 e. The van der Waals surface area contributed by atoms with Crippen molar-refractivity contribution in [1.82, 2.24) is 5.32 Å². The van der Waals surface area contributed by atoms with Crippen LogP contribution in [0, 0.1) is 5.82 Å². The molecule has 1 aromatic carbocycles. The molecule has 20 heavy (non-hydrogen) atoms. The Labute approximate surface area is 124 Å². The first-order valence-electron chi connectivity index (χ1n) is 5.41. The Morgan fingerprint density at radius 2 is 1.95 bits per heavy atom. The fourth-order valence-corrected chi connectivity index (χ4v) is 1.91. The van der Waals surface area contributed by atoms with Crippen LogP contribution in [0.15, 0.2) is 24.8 Å². The molecule has 0 saturated heterocycles. The zero-order valence-corrected chi connectivity index (χ0v) is 11.6. The van der Waals surface area contributed by atoms with Gasteiger partial charge >= 0.3 is 12.0 Å². The Morgan fingerprint density at radius 3 is 2.40 bits per heavy atom. The van der Waals surface area contributed by atoms with Crippen LogP contribution in [-0.4, -0.2) is 23.1 Å². The lowest BCUT2D eigenvalue weighted by atomic mass is 10.2. The molecule has 0 heterocycles. The summed E-state index contributed by atoms with van der Waals surface area (Å²) in [6, 6.07) is -0.0108. The SMILES string of the molecule is C=CCC(NC(=O)Nc1c(Cl)cc(F)cc1Cl)C(=O)O. The van der Waals surface area contributed by atoms with Crippen LogP contribution in [0.1, 0.15) is 6.42 Å². The van der Waals surface area contributed by atoms with Crippen molar-refractivity contribution < 1.29 is 19.1 Å². The summed E-state index contributed by atoms with van der Waals surface area (Å²) >= 11 is 11.5. The van der Waals surface area contributed by atoms with E-state index in [1.165, 1.54) is 6.08 Å². The number of amides is 2. The number of carbonyl (C=O) groups excluding carboxylic acids is 1. The molecule has 0 aliphatic heterocycles. The number of carboxylic acid groups (broad SMARTS) is 1. The molecular formula is C12H11Cl2FN2O3. The van der Waals surface area contributed by atoms with E-state index in [-0.39, 0.29) is 22.2 Å². The summed E-state index contributed by atoms with van der Waals surface area (Å²) < 4.78 is 13.0. The molecule has 0 saturated carbocycles. The standard InChI is InChI=1S/C12H11Cl2FN2O3/c1-2-3-9(11(18)19)16-12(20)17-10-7(13)4-6(15)5-8(10)14/h2,4-5,9H,1,3H2,(H,18,19)(H2,16,17,20). The van der Waals surface area contributed by atoms with Crippen LogP contribution >= 0.6 is 23.2 Å². The lowest BCUT2D eigenvalue weighted by Gasteiger charge is -2.14. The van der Waals surface area contributed by atoms with Gasteiger partial charge in [0.25, 0.3) is 0 Å². The molecule has 1 aromatic rings. The molecular weight excluding hydrogens is 310 g/mol. The average Bonchev–Trinajstić information content (AvgIpc) is 2.33. The number of anilines is 1. The first kappa shape index (κ1) is 16.3. The minimum Gasteiger partial charge on any atom is -0.480 e. The number of carbonyl (C=O) groups is 2. The molecule has 0 radical (unpaired) electrons. The van der Waals surface area contributed by atoms with E-state index >= 15 is 0 Å². The van der Waals surface area contributed by atoms with Gasteiger partial charge < -0.3 is 15.7 Å². The highest BCUT2D eigenvalue weighted by Gasteiger charge is 2.19. The van der Waals surface area contributed by atoms with Crippen molar-refractivity contribution in [2.24, 2.45) is 0 Å². The second-order valence-corrected chi connectivity index (χ2v) is 4.57. The van der Waals surface area contributed by atoms with Gasteiger partial charge in [-0.25, -0.2) is 14.0 Å². The molecule has 0 aromatic heterocycles. The van der Waals surface area contributed by atoms with Gasteiger partial charge in [0, 0.05) is 0 Å². The summed E-state index contributed by atoms with van der Waals surface area (Å²) in [5.74, 6) is -1.86. The minimum absolute atomic E-state index is 0.00465. The predicted molar refractivity (Wildman–Crippen MR) is 74.8 cm³/mol. The second kappa shape index (κ2) is 7.12. The number of urea groups is 1. The molecule has 5 nitrogen and oxygen atoms in total. The largest absolute Gasteiger partial charge is 0.480 e. The van der Waals surface area contributed by atoms with E-state index in [1.807, 2.05) is 0 Å². The maximum atomic E-state index is 13.0. The Bertz CT molecular complexity index is 528. The van der Waals surface area contributed by atoms with E-state index in [0.29, 0.717) is 0 Å². The summed E-state index contributed by atoms with van der Waals surface area (Å²) in [5.41, 5.74) is -0.00465. The number of hydrogen-bond acceptors (Lipinski definition) is 2. The van der Waals surface area contributed by atoms with E-state index in [9.17, 15) is 14.0 Å². The number of aliphatic carboxylic acids is 1. The summed E-state index contributed by atoms with van der Waals surface area (Å²) in [4.78, 5) is 22.5. The third kappa shape index (κ3) is 4.40. The van der Waals surface area contributed by atoms with Crippen molar-refractivity contribution in [2.75, 3.05) is 5.32 Å². The zero-order valence-electron chi connectivity index (χ0n) is 10.1. The fraction of sp³-hybridized carbons (Fsp3) is 0.167. The van der Waals surface area contributed by atoms with Crippen molar-refractivity contribution in [3.8, 4) is 0 Å². The third-order valence-corrected chi connectivity index (χ3v) is 2.85. The maximum absolute atomic E-state index is 13.0. The summed E-state index contributed by atoms with van der Waals surface area (Å²) in [5, 5.41) is 13.2. The molecule has 1 atom stereocenters. The van der Waals surface area contributed by atoms with Gasteiger partial charge in [-0.2, -0.15) is 0 Å². The van der Waals surface area contributed by atoms with E-state index in [4.69, 9.17) is 28.3 Å². The Hall–Kier alpha value is -1.79. The highest BCUT2D eigenvalue weighted by molar-refractivity contribution is 6.39. The number of halogens is 3. The summed E-state index contributed by atoms with van der Waals surface area (Å²) in [6.45, 7) is 3.39. The lowest BCUT2D eigenvalue weighted by molar-refractivity contribution is -0.139. The van der Waals surface area contributed by atoms with Crippen molar-refractivity contribution in [3.63, 3.8) is 0 Å². The first-order chi connectivity index (χ1) is 9.35. The molecule has 3 N–H and O–H groups in total. The van der Waals surface area contributed by atoms with Gasteiger partial charge in [0.15, 0.2) is 0 Å². The minimum atomic E-state index is -1.21. The van der Waals surface area contributed by atoms with Crippen molar-refractivity contribution in [3.05, 3.63) is 40.7 Å². The molecule has 1 rings (SSSR count). The molecule has 0 aliphatic carbocycles. The van der Waals surface area contributed by atoms with Crippen molar-refractivity contribution >= 4 is 40.9 Å². The normalized spacial score (nSPS) is 11.6. The van der Waals surface area contributed by atoms with Crippen LogP contribution in [-0.2, 0) is 4.79 Å². The Morgan fingerprint density at radius 1 is 1.40 bits per heavy atom. The Balaban J connectivity index is 2.81. The average molecular weight is 321 g/mol. The van der Waals surface area contributed by atoms with Crippen molar-refractivity contribution in [1.29, 1.82) is 0 Å². The molecule has 1 unspecified atom stereocenters. The number of carboxylic acids is 1. The van der Waals surface area contributed by atoms with E-state index in [2.05, 4.69) is 17.2 Å². The molecule has 0 spiro atoms. The number of rotatable bonds is 5. The number of benzene rings is 1. The van der Waals surface area contributed by atoms with Gasteiger partial charge in [-0.3, -0.25) is 0 Å². The quantitative estimate of drug-likeness (QED) is 0.728. The topological polar surface area (TPSA) is 78.4 Å². The Kier molecular flexibility index (Phi) is 5.79.